The number of aromatic nitrogens is 3. The molecule has 0 saturated carbocycles. The fourth-order valence-electron chi connectivity index (χ4n) is 1.25. The van der Waals surface area contributed by atoms with Gasteiger partial charge in [0.1, 0.15) is 5.82 Å². The van der Waals surface area contributed by atoms with E-state index in [1.807, 2.05) is 0 Å². The van der Waals surface area contributed by atoms with Crippen molar-refractivity contribution in [2.45, 2.75) is 6.42 Å². The molecule has 2 N–H and O–H groups in total. The summed E-state index contributed by atoms with van der Waals surface area (Å²) in [5, 5.41) is 0. The average molecular weight is 203 g/mol. The molecule has 0 radical (unpaired) electrons. The maximum atomic E-state index is 11.0. The van der Waals surface area contributed by atoms with E-state index in [-0.39, 0.29) is 11.1 Å². The molecule has 0 aliphatic carbocycles. The molecular weight excluding hydrogens is 194 g/mol. The SMILES string of the molecule is O=c1ccc(Cc2nccc(=O)[nH]2)c[nH]1. The van der Waals surface area contributed by atoms with Crippen molar-refractivity contribution in [1.29, 1.82) is 0 Å². The van der Waals surface area contributed by atoms with Gasteiger partial charge in [0.15, 0.2) is 0 Å². The minimum atomic E-state index is -0.176. The molecule has 0 atom stereocenters. The first kappa shape index (κ1) is 9.39. The number of aromatic amines is 2. The van der Waals surface area contributed by atoms with Crippen LogP contribution in [0.5, 0.6) is 0 Å². The molecule has 0 unspecified atom stereocenters. The van der Waals surface area contributed by atoms with Crippen LogP contribution in [0.4, 0.5) is 0 Å². The number of H-pyrrole nitrogens is 2. The molecule has 0 saturated heterocycles. The molecular formula is C10H9N3O2. The first-order chi connectivity index (χ1) is 7.24. The van der Waals surface area contributed by atoms with Gasteiger partial charge in [-0.25, -0.2) is 4.98 Å². The van der Waals surface area contributed by atoms with E-state index in [0.717, 1.165) is 5.56 Å². The molecule has 0 aliphatic heterocycles. The highest BCUT2D eigenvalue weighted by Crippen LogP contribution is 1.99. The second kappa shape index (κ2) is 3.91. The molecule has 2 aromatic rings. The molecule has 15 heavy (non-hydrogen) atoms. The van der Waals surface area contributed by atoms with E-state index in [1.54, 1.807) is 12.3 Å². The first-order valence-corrected chi connectivity index (χ1v) is 4.46. The zero-order valence-corrected chi connectivity index (χ0v) is 7.86. The Morgan fingerprint density at radius 3 is 2.67 bits per heavy atom. The highest BCUT2D eigenvalue weighted by molar-refractivity contribution is 5.13. The van der Waals surface area contributed by atoms with Crippen LogP contribution in [-0.4, -0.2) is 15.0 Å². The third kappa shape index (κ3) is 2.40. The van der Waals surface area contributed by atoms with Crippen LogP contribution in [0.2, 0.25) is 0 Å². The molecule has 2 aromatic heterocycles. The molecule has 2 rings (SSSR count). The fraction of sp³-hybridized carbons (Fsp3) is 0.100. The number of nitrogens with one attached hydrogen (secondary N) is 2. The average Bonchev–Trinajstić information content (AvgIpc) is 2.22. The van der Waals surface area contributed by atoms with E-state index >= 15 is 0 Å². The largest absolute Gasteiger partial charge is 0.329 e. The minimum absolute atomic E-state index is 0.145. The van der Waals surface area contributed by atoms with Crippen LogP contribution in [0.3, 0.4) is 0 Å². The second-order valence-electron chi connectivity index (χ2n) is 3.12. The highest BCUT2D eigenvalue weighted by atomic mass is 16.1. The Bertz CT molecular complexity index is 551. The second-order valence-corrected chi connectivity index (χ2v) is 3.12. The lowest BCUT2D eigenvalue weighted by molar-refractivity contribution is 0.938. The van der Waals surface area contributed by atoms with Crippen molar-refractivity contribution in [3.8, 4) is 0 Å². The Hall–Kier alpha value is -2.17. The molecule has 0 spiro atoms. The van der Waals surface area contributed by atoms with E-state index < -0.39 is 0 Å². The van der Waals surface area contributed by atoms with Gasteiger partial charge in [0.2, 0.25) is 5.56 Å². The monoisotopic (exact) mass is 203 g/mol. The van der Waals surface area contributed by atoms with E-state index in [9.17, 15) is 9.59 Å². The normalized spacial score (nSPS) is 10.1. The number of hydrogen-bond acceptors (Lipinski definition) is 3. The summed E-state index contributed by atoms with van der Waals surface area (Å²) in [6, 6.07) is 4.50. The molecule has 5 heteroatoms. The van der Waals surface area contributed by atoms with Crippen LogP contribution in [-0.2, 0) is 6.42 Å². The van der Waals surface area contributed by atoms with Gasteiger partial charge in [0.25, 0.3) is 5.56 Å². The third-order valence-electron chi connectivity index (χ3n) is 1.94. The molecule has 0 aliphatic rings. The number of rotatable bonds is 2. The van der Waals surface area contributed by atoms with E-state index in [0.29, 0.717) is 12.2 Å². The summed E-state index contributed by atoms with van der Waals surface area (Å²) in [7, 11) is 0. The number of nitrogens with zero attached hydrogens (tertiary/aromatic N) is 1. The maximum Gasteiger partial charge on any atom is 0.250 e. The van der Waals surface area contributed by atoms with Crippen LogP contribution in [0.25, 0.3) is 0 Å². The highest BCUT2D eigenvalue weighted by Gasteiger charge is 1.97. The van der Waals surface area contributed by atoms with Gasteiger partial charge >= 0.3 is 0 Å². The summed E-state index contributed by atoms with van der Waals surface area (Å²) in [4.78, 5) is 31.0. The maximum absolute atomic E-state index is 11.0. The van der Waals surface area contributed by atoms with Crippen LogP contribution < -0.4 is 11.1 Å². The lowest BCUT2D eigenvalue weighted by atomic mass is 10.2. The molecule has 0 bridgehead atoms. The Morgan fingerprint density at radius 1 is 1.13 bits per heavy atom. The summed E-state index contributed by atoms with van der Waals surface area (Å²) in [6.07, 6.45) is 3.56. The summed E-state index contributed by atoms with van der Waals surface area (Å²) in [6.45, 7) is 0. The molecule has 2 heterocycles. The summed E-state index contributed by atoms with van der Waals surface area (Å²) in [5.74, 6) is 0.578. The van der Waals surface area contributed by atoms with Crippen LogP contribution in [0, 0.1) is 0 Å². The van der Waals surface area contributed by atoms with Crippen molar-refractivity contribution in [1.82, 2.24) is 15.0 Å². The van der Waals surface area contributed by atoms with E-state index in [1.165, 1.54) is 18.3 Å². The lowest BCUT2D eigenvalue weighted by Crippen LogP contribution is -2.10. The Balaban J connectivity index is 2.25. The molecule has 5 nitrogen and oxygen atoms in total. The van der Waals surface area contributed by atoms with E-state index in [4.69, 9.17) is 0 Å². The summed E-state index contributed by atoms with van der Waals surface area (Å²) < 4.78 is 0. The third-order valence-corrected chi connectivity index (χ3v) is 1.94. The van der Waals surface area contributed by atoms with Gasteiger partial charge in [-0.3, -0.25) is 9.59 Å². The first-order valence-electron chi connectivity index (χ1n) is 4.46. The minimum Gasteiger partial charge on any atom is -0.329 e. The Labute approximate surface area is 84.8 Å². The Kier molecular flexibility index (Phi) is 2.45. The van der Waals surface area contributed by atoms with Crippen molar-refractivity contribution in [3.05, 3.63) is 62.7 Å². The standard InChI is InChI=1S/C10H9N3O2/c14-9-2-1-7(6-12-9)5-8-11-4-3-10(15)13-8/h1-4,6H,5H2,(H,12,14)(H,11,13,15). The predicted octanol–water partition coefficient (Wildman–Crippen LogP) is 0.0490. The van der Waals surface area contributed by atoms with Gasteiger partial charge in [0.05, 0.1) is 0 Å². The summed E-state index contributed by atoms with van der Waals surface area (Å²) in [5.41, 5.74) is 0.571. The predicted molar refractivity (Wildman–Crippen MR) is 54.7 cm³/mol. The van der Waals surface area contributed by atoms with Crippen molar-refractivity contribution >= 4 is 0 Å². The zero-order chi connectivity index (χ0) is 10.7. The van der Waals surface area contributed by atoms with Crippen molar-refractivity contribution in [2.75, 3.05) is 0 Å². The van der Waals surface area contributed by atoms with Crippen LogP contribution in [0.15, 0.2) is 40.2 Å². The molecule has 76 valence electrons. The Morgan fingerprint density at radius 2 is 2.00 bits per heavy atom. The quantitative estimate of drug-likeness (QED) is 0.723. The smallest absolute Gasteiger partial charge is 0.250 e. The van der Waals surface area contributed by atoms with Crippen molar-refractivity contribution in [3.63, 3.8) is 0 Å². The van der Waals surface area contributed by atoms with Gasteiger partial charge in [-0.05, 0) is 5.56 Å². The molecule has 0 aromatic carbocycles. The van der Waals surface area contributed by atoms with Crippen molar-refractivity contribution in [2.24, 2.45) is 0 Å². The van der Waals surface area contributed by atoms with Crippen LogP contribution in [0.1, 0.15) is 11.4 Å². The van der Waals surface area contributed by atoms with E-state index in [2.05, 4.69) is 15.0 Å². The number of pyridine rings is 1. The number of hydrogen-bond donors (Lipinski definition) is 2. The molecule has 0 amide bonds. The van der Waals surface area contributed by atoms with Gasteiger partial charge in [-0.15, -0.1) is 0 Å². The van der Waals surface area contributed by atoms with Gasteiger partial charge < -0.3 is 9.97 Å². The van der Waals surface area contributed by atoms with Gasteiger partial charge in [-0.1, -0.05) is 6.07 Å². The summed E-state index contributed by atoms with van der Waals surface area (Å²) >= 11 is 0. The lowest BCUT2D eigenvalue weighted by Gasteiger charge is -1.99. The molecule has 0 fully saturated rings. The topological polar surface area (TPSA) is 78.6 Å². The zero-order valence-electron chi connectivity index (χ0n) is 7.86. The van der Waals surface area contributed by atoms with Crippen LogP contribution >= 0.6 is 0 Å². The van der Waals surface area contributed by atoms with Gasteiger partial charge in [0, 0.05) is 30.9 Å². The van der Waals surface area contributed by atoms with Crippen molar-refractivity contribution < 1.29 is 0 Å². The van der Waals surface area contributed by atoms with Gasteiger partial charge in [-0.2, -0.15) is 0 Å². The fourth-order valence-corrected chi connectivity index (χ4v) is 1.25.